The smallest absolute Gasteiger partial charge is 0.240 e. The summed E-state index contributed by atoms with van der Waals surface area (Å²) in [5, 5.41) is 2.93. The number of fused-ring (bicyclic) bond motifs is 1. The summed E-state index contributed by atoms with van der Waals surface area (Å²) in [4.78, 5) is 19.8. The Hall–Kier alpha value is -3.33. The Kier molecular flexibility index (Phi) is 6.69. The average Bonchev–Trinajstić information content (AvgIpc) is 3.13. The highest BCUT2D eigenvalue weighted by atomic mass is 32.2. The maximum absolute atomic E-state index is 12.9. The molecule has 1 atom stereocenters. The summed E-state index contributed by atoms with van der Waals surface area (Å²) in [6.45, 7) is 0.927. The molecule has 0 saturated carbocycles. The number of amides is 1. The van der Waals surface area contributed by atoms with Gasteiger partial charge in [0.2, 0.25) is 15.9 Å². The van der Waals surface area contributed by atoms with Crippen LogP contribution in [0.15, 0.2) is 88.8 Å². The first-order chi connectivity index (χ1) is 15.8. The fourth-order valence-corrected chi connectivity index (χ4v) is 4.73. The number of likely N-dealkylation sites (N-methyl/N-ethyl adjacent to an activating group) is 1. The van der Waals surface area contributed by atoms with Crippen molar-refractivity contribution < 1.29 is 13.2 Å². The zero-order valence-electron chi connectivity index (χ0n) is 18.5. The quantitative estimate of drug-likeness (QED) is 0.502. The second kappa shape index (κ2) is 9.66. The van der Waals surface area contributed by atoms with Crippen LogP contribution in [0.2, 0.25) is 0 Å². The molecular formula is C25H26N4O3S. The van der Waals surface area contributed by atoms with E-state index in [0.29, 0.717) is 24.5 Å². The number of nitrogens with zero attached hydrogens (tertiary/aromatic N) is 2. The van der Waals surface area contributed by atoms with Crippen molar-refractivity contribution in [3.63, 3.8) is 0 Å². The highest BCUT2D eigenvalue weighted by Gasteiger charge is 2.35. The number of para-hydroxylation sites is 1. The molecule has 0 saturated heterocycles. The van der Waals surface area contributed by atoms with Gasteiger partial charge < -0.3 is 10.2 Å². The lowest BCUT2D eigenvalue weighted by Crippen LogP contribution is -2.31. The molecule has 1 unspecified atom stereocenters. The summed E-state index contributed by atoms with van der Waals surface area (Å²) in [5.74, 6) is -0.692. The molecule has 0 spiro atoms. The zero-order chi connectivity index (χ0) is 23.4. The molecule has 2 N–H and O–H groups in total. The van der Waals surface area contributed by atoms with Gasteiger partial charge in [-0.15, -0.1) is 0 Å². The van der Waals surface area contributed by atoms with E-state index < -0.39 is 15.9 Å². The van der Waals surface area contributed by atoms with Crippen LogP contribution in [0.4, 0.5) is 11.4 Å². The number of carbonyl (C=O) groups is 1. The van der Waals surface area contributed by atoms with Gasteiger partial charge in [-0.3, -0.25) is 9.79 Å². The molecule has 0 aliphatic carbocycles. The van der Waals surface area contributed by atoms with E-state index in [1.54, 1.807) is 12.1 Å². The van der Waals surface area contributed by atoms with Gasteiger partial charge >= 0.3 is 0 Å². The zero-order valence-corrected chi connectivity index (χ0v) is 19.3. The maximum atomic E-state index is 12.9. The predicted molar refractivity (Wildman–Crippen MR) is 131 cm³/mol. The van der Waals surface area contributed by atoms with E-state index in [-0.39, 0.29) is 10.8 Å². The molecule has 33 heavy (non-hydrogen) atoms. The number of aliphatic imine (C=N–C) groups is 1. The molecule has 1 heterocycles. The summed E-state index contributed by atoms with van der Waals surface area (Å²) in [6, 6.07) is 23.5. The topological polar surface area (TPSA) is 90.9 Å². The Labute approximate surface area is 194 Å². The second-order valence-electron chi connectivity index (χ2n) is 8.07. The summed E-state index contributed by atoms with van der Waals surface area (Å²) in [7, 11) is 0.160. The number of benzene rings is 3. The summed E-state index contributed by atoms with van der Waals surface area (Å²) >= 11 is 0. The molecule has 0 fully saturated rings. The van der Waals surface area contributed by atoms with Gasteiger partial charge in [-0.2, -0.15) is 0 Å². The van der Waals surface area contributed by atoms with Crippen LogP contribution in [-0.2, 0) is 14.8 Å². The van der Waals surface area contributed by atoms with Gasteiger partial charge in [-0.1, -0.05) is 48.5 Å². The second-order valence-corrected chi connectivity index (χ2v) is 9.83. The Bertz CT molecular complexity index is 1270. The average molecular weight is 463 g/mol. The standard InChI is InChI=1S/C25H26N4O3S/c1-29(2)17-16-26-33(31,32)20-14-12-19(13-15-20)27-24(18-8-4-3-5-9-18)23-21-10-6-7-11-22(21)28-25(23)30/h3-15,23,26H,16-17H2,1-2H3,(H,28,30). The Morgan fingerprint density at radius 2 is 1.64 bits per heavy atom. The third-order valence-electron chi connectivity index (χ3n) is 5.38. The van der Waals surface area contributed by atoms with E-state index in [0.717, 1.165) is 16.8 Å². The minimum atomic E-state index is -3.61. The van der Waals surface area contributed by atoms with Crippen LogP contribution in [0.5, 0.6) is 0 Å². The third-order valence-corrected chi connectivity index (χ3v) is 6.86. The lowest BCUT2D eigenvalue weighted by molar-refractivity contribution is -0.115. The van der Waals surface area contributed by atoms with Crippen LogP contribution >= 0.6 is 0 Å². The molecule has 170 valence electrons. The van der Waals surface area contributed by atoms with Crippen molar-refractivity contribution in [2.75, 3.05) is 32.5 Å². The van der Waals surface area contributed by atoms with Gasteiger partial charge in [0.25, 0.3) is 0 Å². The SMILES string of the molecule is CN(C)CCNS(=O)(=O)c1ccc(N=C(c2ccccc2)C2C(=O)Nc3ccccc32)cc1. The first-order valence-corrected chi connectivity index (χ1v) is 12.1. The van der Waals surface area contributed by atoms with E-state index in [9.17, 15) is 13.2 Å². The number of rotatable bonds is 8. The summed E-state index contributed by atoms with van der Waals surface area (Å²) < 4.78 is 27.7. The van der Waals surface area contributed by atoms with Gasteiger partial charge in [0.1, 0.15) is 5.92 Å². The van der Waals surface area contributed by atoms with Crippen molar-refractivity contribution in [2.24, 2.45) is 4.99 Å². The van der Waals surface area contributed by atoms with Gasteiger partial charge in [-0.25, -0.2) is 13.1 Å². The van der Waals surface area contributed by atoms with Gasteiger partial charge in [0.05, 0.1) is 16.3 Å². The van der Waals surface area contributed by atoms with Crippen molar-refractivity contribution in [3.05, 3.63) is 90.0 Å². The Morgan fingerprint density at radius 1 is 0.970 bits per heavy atom. The van der Waals surface area contributed by atoms with E-state index in [1.807, 2.05) is 73.6 Å². The van der Waals surface area contributed by atoms with Crippen LogP contribution in [0.1, 0.15) is 17.0 Å². The number of nitrogens with one attached hydrogen (secondary N) is 2. The molecule has 0 aromatic heterocycles. The fraction of sp³-hybridized carbons (Fsp3) is 0.200. The predicted octanol–water partition coefficient (Wildman–Crippen LogP) is 3.38. The van der Waals surface area contributed by atoms with Gasteiger partial charge in [0.15, 0.2) is 0 Å². The summed E-state index contributed by atoms with van der Waals surface area (Å²) in [5.41, 5.74) is 3.66. The molecule has 0 radical (unpaired) electrons. The van der Waals surface area contributed by atoms with Gasteiger partial charge in [0, 0.05) is 18.8 Å². The summed E-state index contributed by atoms with van der Waals surface area (Å²) in [6.07, 6.45) is 0. The minimum Gasteiger partial charge on any atom is -0.325 e. The van der Waals surface area contributed by atoms with Crippen molar-refractivity contribution in [1.82, 2.24) is 9.62 Å². The molecule has 4 rings (SSSR count). The minimum absolute atomic E-state index is 0.136. The van der Waals surface area contributed by atoms with Crippen LogP contribution < -0.4 is 10.0 Å². The van der Waals surface area contributed by atoms with E-state index in [4.69, 9.17) is 4.99 Å². The number of carbonyl (C=O) groups excluding carboxylic acids is 1. The van der Waals surface area contributed by atoms with Crippen molar-refractivity contribution >= 4 is 33.0 Å². The molecule has 1 amide bonds. The molecular weight excluding hydrogens is 436 g/mol. The maximum Gasteiger partial charge on any atom is 0.240 e. The Balaban J connectivity index is 1.67. The molecule has 1 aliphatic heterocycles. The number of hydrogen-bond donors (Lipinski definition) is 2. The molecule has 3 aromatic rings. The van der Waals surface area contributed by atoms with Crippen LogP contribution in [0.3, 0.4) is 0 Å². The van der Waals surface area contributed by atoms with Crippen LogP contribution in [0.25, 0.3) is 0 Å². The number of sulfonamides is 1. The molecule has 1 aliphatic rings. The highest BCUT2D eigenvalue weighted by molar-refractivity contribution is 7.89. The Morgan fingerprint density at radius 3 is 2.33 bits per heavy atom. The van der Waals surface area contributed by atoms with Crippen molar-refractivity contribution in [1.29, 1.82) is 0 Å². The van der Waals surface area contributed by atoms with E-state index >= 15 is 0 Å². The number of anilines is 1. The van der Waals surface area contributed by atoms with Gasteiger partial charge in [-0.05, 0) is 55.6 Å². The molecule has 3 aromatic carbocycles. The lowest BCUT2D eigenvalue weighted by atomic mass is 9.90. The number of hydrogen-bond acceptors (Lipinski definition) is 5. The van der Waals surface area contributed by atoms with Crippen LogP contribution in [-0.4, -0.2) is 52.1 Å². The largest absolute Gasteiger partial charge is 0.325 e. The monoisotopic (exact) mass is 462 g/mol. The highest BCUT2D eigenvalue weighted by Crippen LogP contribution is 2.36. The van der Waals surface area contributed by atoms with Crippen LogP contribution in [0, 0.1) is 0 Å². The van der Waals surface area contributed by atoms with Crippen molar-refractivity contribution in [2.45, 2.75) is 10.8 Å². The van der Waals surface area contributed by atoms with Crippen molar-refractivity contribution in [3.8, 4) is 0 Å². The normalized spacial score (nSPS) is 16.0. The molecule has 0 bridgehead atoms. The lowest BCUT2D eigenvalue weighted by Gasteiger charge is -2.14. The molecule has 7 nitrogen and oxygen atoms in total. The van der Waals surface area contributed by atoms with E-state index in [1.165, 1.54) is 12.1 Å². The van der Waals surface area contributed by atoms with E-state index in [2.05, 4.69) is 10.0 Å². The first kappa shape index (κ1) is 22.8. The third kappa shape index (κ3) is 5.19. The molecule has 8 heteroatoms. The fourth-order valence-electron chi connectivity index (χ4n) is 3.71. The first-order valence-electron chi connectivity index (χ1n) is 10.6.